The Hall–Kier alpha value is -2.22. The van der Waals surface area contributed by atoms with Crippen molar-refractivity contribution in [3.05, 3.63) is 36.2 Å². The summed E-state index contributed by atoms with van der Waals surface area (Å²) in [5, 5.41) is 0.406. The summed E-state index contributed by atoms with van der Waals surface area (Å²) < 4.78 is 38.3. The molecule has 0 spiro atoms. The van der Waals surface area contributed by atoms with Crippen LogP contribution in [0, 0.1) is 0 Å². The number of fused-ring (bicyclic) bond motifs is 1. The average molecular weight is 296 g/mol. The molecule has 0 atom stereocenters. The minimum Gasteiger partial charge on any atom is -0.399 e. The van der Waals surface area contributed by atoms with Crippen LogP contribution in [-0.2, 0) is 6.18 Å². The van der Waals surface area contributed by atoms with Crippen LogP contribution in [0.1, 0.15) is 5.56 Å². The van der Waals surface area contributed by atoms with Gasteiger partial charge < -0.3 is 5.73 Å². The third-order valence-corrected chi connectivity index (χ3v) is 3.58. The molecule has 4 nitrogen and oxygen atoms in total. The monoisotopic (exact) mass is 296 g/mol. The van der Waals surface area contributed by atoms with E-state index in [0.29, 0.717) is 21.0 Å². The third kappa shape index (κ3) is 2.29. The van der Waals surface area contributed by atoms with E-state index in [1.165, 1.54) is 29.8 Å². The van der Waals surface area contributed by atoms with E-state index in [-0.39, 0.29) is 5.69 Å². The van der Waals surface area contributed by atoms with Gasteiger partial charge >= 0.3 is 6.18 Å². The van der Waals surface area contributed by atoms with Crippen molar-refractivity contribution in [1.29, 1.82) is 0 Å². The minimum absolute atomic E-state index is 0.0370. The molecule has 0 bridgehead atoms. The van der Waals surface area contributed by atoms with Crippen LogP contribution < -0.4 is 5.73 Å². The lowest BCUT2D eigenvalue weighted by Gasteiger charge is -2.09. The molecule has 0 saturated heterocycles. The fourth-order valence-corrected chi connectivity index (χ4v) is 2.59. The molecule has 3 rings (SSSR count). The number of nitrogens with two attached hydrogens (primary N) is 1. The predicted octanol–water partition coefficient (Wildman–Crippen LogP) is 3.35. The third-order valence-electron chi connectivity index (χ3n) is 2.58. The van der Waals surface area contributed by atoms with Crippen LogP contribution in [0.3, 0.4) is 0 Å². The molecule has 2 aromatic heterocycles. The van der Waals surface area contributed by atoms with Gasteiger partial charge in [-0.05, 0) is 18.2 Å². The molecule has 20 heavy (non-hydrogen) atoms. The molecule has 1 aromatic carbocycles. The van der Waals surface area contributed by atoms with Gasteiger partial charge in [0.2, 0.25) is 0 Å². The summed E-state index contributed by atoms with van der Waals surface area (Å²) in [5.74, 6) is 0. The van der Waals surface area contributed by atoms with E-state index in [9.17, 15) is 13.2 Å². The zero-order chi connectivity index (χ0) is 14.3. The Kier molecular flexibility index (Phi) is 2.82. The first-order valence-corrected chi connectivity index (χ1v) is 6.31. The number of hydrogen-bond donors (Lipinski definition) is 1. The Labute approximate surface area is 115 Å². The van der Waals surface area contributed by atoms with Crippen molar-refractivity contribution in [2.45, 2.75) is 6.18 Å². The summed E-state index contributed by atoms with van der Waals surface area (Å²) in [5.41, 5.74) is 5.49. The number of nitrogens with zero attached hydrogens (tertiary/aromatic N) is 3. The molecule has 0 radical (unpaired) electrons. The largest absolute Gasteiger partial charge is 0.416 e. The molecule has 0 aliphatic rings. The fourth-order valence-electron chi connectivity index (χ4n) is 1.74. The van der Waals surface area contributed by atoms with Crippen LogP contribution in [0.15, 0.2) is 30.6 Å². The van der Waals surface area contributed by atoms with Crippen molar-refractivity contribution in [3.63, 3.8) is 0 Å². The van der Waals surface area contributed by atoms with Gasteiger partial charge in [-0.3, -0.25) is 0 Å². The number of alkyl halides is 3. The van der Waals surface area contributed by atoms with Gasteiger partial charge in [-0.1, -0.05) is 11.3 Å². The van der Waals surface area contributed by atoms with Gasteiger partial charge in [0.05, 0.1) is 5.56 Å². The highest BCUT2D eigenvalue weighted by molar-refractivity contribution is 7.21. The van der Waals surface area contributed by atoms with Crippen LogP contribution in [0.2, 0.25) is 0 Å². The Morgan fingerprint density at radius 3 is 2.50 bits per heavy atom. The maximum absolute atomic E-state index is 12.8. The Morgan fingerprint density at radius 1 is 1.05 bits per heavy atom. The molecule has 0 aliphatic carbocycles. The van der Waals surface area contributed by atoms with E-state index in [1.807, 2.05) is 0 Å². The summed E-state index contributed by atoms with van der Waals surface area (Å²) >= 11 is 1.17. The molecule has 2 N–H and O–H groups in total. The van der Waals surface area contributed by atoms with Gasteiger partial charge in [0.15, 0.2) is 10.5 Å². The minimum atomic E-state index is -4.45. The van der Waals surface area contributed by atoms with Crippen molar-refractivity contribution < 1.29 is 13.2 Å². The van der Waals surface area contributed by atoms with Crippen molar-refractivity contribution in [1.82, 2.24) is 15.0 Å². The van der Waals surface area contributed by atoms with Crippen LogP contribution in [-0.4, -0.2) is 15.0 Å². The maximum atomic E-state index is 12.8. The van der Waals surface area contributed by atoms with Gasteiger partial charge in [-0.2, -0.15) is 13.2 Å². The lowest BCUT2D eigenvalue weighted by Crippen LogP contribution is -2.05. The zero-order valence-electron chi connectivity index (χ0n) is 9.85. The average Bonchev–Trinajstić information content (AvgIpc) is 2.80. The topological polar surface area (TPSA) is 64.7 Å². The van der Waals surface area contributed by atoms with Crippen molar-refractivity contribution >= 4 is 27.5 Å². The molecule has 3 aromatic rings. The number of benzene rings is 1. The molecule has 0 amide bonds. The first-order chi connectivity index (χ1) is 9.43. The Balaban J connectivity index is 2.16. The van der Waals surface area contributed by atoms with Crippen molar-refractivity contribution in [3.8, 4) is 10.6 Å². The number of rotatable bonds is 1. The number of nitrogen functional groups attached to an aromatic ring is 1. The van der Waals surface area contributed by atoms with Crippen LogP contribution in [0.4, 0.5) is 18.9 Å². The van der Waals surface area contributed by atoms with E-state index >= 15 is 0 Å². The highest BCUT2D eigenvalue weighted by Gasteiger charge is 2.31. The molecule has 0 fully saturated rings. The summed E-state index contributed by atoms with van der Waals surface area (Å²) in [4.78, 5) is 12.8. The molecule has 0 unspecified atom stereocenters. The quantitative estimate of drug-likeness (QED) is 0.699. The first-order valence-electron chi connectivity index (χ1n) is 5.49. The Bertz CT molecular complexity index is 749. The fraction of sp³-hybridized carbons (Fsp3) is 0.0833. The summed E-state index contributed by atoms with van der Waals surface area (Å²) in [6.07, 6.45) is -1.46. The van der Waals surface area contributed by atoms with Crippen LogP contribution in [0.25, 0.3) is 21.0 Å². The number of thiazole rings is 1. The summed E-state index contributed by atoms with van der Waals surface area (Å²) in [6.45, 7) is 0. The predicted molar refractivity (Wildman–Crippen MR) is 70.1 cm³/mol. The maximum Gasteiger partial charge on any atom is 0.416 e. The number of halogens is 3. The highest BCUT2D eigenvalue weighted by Crippen LogP contribution is 2.35. The zero-order valence-corrected chi connectivity index (χ0v) is 10.7. The number of aromatic nitrogens is 3. The molecule has 2 heterocycles. The second kappa shape index (κ2) is 4.41. The molecule has 0 saturated carbocycles. The molecular weight excluding hydrogens is 289 g/mol. The first kappa shape index (κ1) is 12.8. The van der Waals surface area contributed by atoms with E-state index in [0.717, 1.165) is 12.1 Å². The van der Waals surface area contributed by atoms with E-state index in [4.69, 9.17) is 5.73 Å². The second-order valence-electron chi connectivity index (χ2n) is 4.05. The van der Waals surface area contributed by atoms with Gasteiger partial charge in [-0.25, -0.2) is 15.0 Å². The number of hydrogen-bond acceptors (Lipinski definition) is 5. The van der Waals surface area contributed by atoms with Crippen LogP contribution >= 0.6 is 11.3 Å². The molecular formula is C12H7F3N4S. The normalized spacial score (nSPS) is 11.9. The summed E-state index contributed by atoms with van der Waals surface area (Å²) in [6, 6.07) is 3.37. The van der Waals surface area contributed by atoms with Crippen molar-refractivity contribution in [2.24, 2.45) is 0 Å². The summed E-state index contributed by atoms with van der Waals surface area (Å²) in [7, 11) is 0. The Morgan fingerprint density at radius 2 is 1.80 bits per heavy atom. The lowest BCUT2D eigenvalue weighted by atomic mass is 10.1. The van der Waals surface area contributed by atoms with Gasteiger partial charge in [0.1, 0.15) is 5.01 Å². The number of anilines is 1. The second-order valence-corrected chi connectivity index (χ2v) is 5.02. The van der Waals surface area contributed by atoms with Crippen LogP contribution in [0.5, 0.6) is 0 Å². The molecule has 102 valence electrons. The van der Waals surface area contributed by atoms with Crippen molar-refractivity contribution in [2.75, 3.05) is 5.73 Å². The smallest absolute Gasteiger partial charge is 0.399 e. The van der Waals surface area contributed by atoms with E-state index in [2.05, 4.69) is 15.0 Å². The SMILES string of the molecule is Nc1cc(-c2nc3nccnc3s2)cc(C(F)(F)F)c1. The molecule has 8 heteroatoms. The highest BCUT2D eigenvalue weighted by atomic mass is 32.1. The van der Waals surface area contributed by atoms with Gasteiger partial charge in [-0.15, -0.1) is 0 Å². The standard InChI is InChI=1S/C12H7F3N4S/c13-12(14,15)7-3-6(4-8(16)5-7)10-19-9-11(20-10)18-2-1-17-9/h1-5H,16H2. The van der Waals surface area contributed by atoms with Gasteiger partial charge in [0, 0.05) is 23.6 Å². The lowest BCUT2D eigenvalue weighted by molar-refractivity contribution is -0.137. The van der Waals surface area contributed by atoms with Gasteiger partial charge in [0.25, 0.3) is 0 Å². The molecule has 0 aliphatic heterocycles. The van der Waals surface area contributed by atoms with E-state index < -0.39 is 11.7 Å². The van der Waals surface area contributed by atoms with E-state index in [1.54, 1.807) is 0 Å².